The molecule has 7 heteroatoms. The smallest absolute Gasteiger partial charge is 0.407 e. The van der Waals surface area contributed by atoms with Crippen LogP contribution in [-0.2, 0) is 9.53 Å². The van der Waals surface area contributed by atoms with Gasteiger partial charge in [0, 0.05) is 10.4 Å². The summed E-state index contributed by atoms with van der Waals surface area (Å²) in [6.45, 7) is 0.115. The standard InChI is InChI=1S/C24H19BrFNO4/c25-21-11-14(26)9-10-19(21)22(12-23(28)29)27-24(30)31-13-20-17-7-3-1-5-15(17)16-6-2-4-8-18(16)20/h1-11,20,22H,12-13H2,(H,27,30)(H,28,29). The zero-order chi connectivity index (χ0) is 22.0. The molecule has 0 aromatic heterocycles. The highest BCUT2D eigenvalue weighted by atomic mass is 79.9. The third-order valence-electron chi connectivity index (χ3n) is 5.35. The topological polar surface area (TPSA) is 75.6 Å². The molecular formula is C24H19BrFNO4. The molecule has 0 fully saturated rings. The van der Waals surface area contributed by atoms with E-state index in [1.165, 1.54) is 18.2 Å². The van der Waals surface area contributed by atoms with Crippen LogP contribution >= 0.6 is 15.9 Å². The van der Waals surface area contributed by atoms with E-state index in [0.29, 0.717) is 10.0 Å². The zero-order valence-electron chi connectivity index (χ0n) is 16.3. The van der Waals surface area contributed by atoms with Crippen LogP contribution in [-0.4, -0.2) is 23.8 Å². The van der Waals surface area contributed by atoms with Crippen LogP contribution in [0.15, 0.2) is 71.2 Å². The van der Waals surface area contributed by atoms with Gasteiger partial charge in [0.1, 0.15) is 12.4 Å². The van der Waals surface area contributed by atoms with Crippen molar-refractivity contribution in [2.45, 2.75) is 18.4 Å². The summed E-state index contributed by atoms with van der Waals surface area (Å²) in [5.41, 5.74) is 4.86. The number of carboxylic acids is 1. The second-order valence-corrected chi connectivity index (χ2v) is 8.14. The van der Waals surface area contributed by atoms with Gasteiger partial charge in [-0.1, -0.05) is 70.5 Å². The van der Waals surface area contributed by atoms with Crippen LogP contribution in [0.2, 0.25) is 0 Å². The SMILES string of the molecule is O=C(O)CC(NC(=O)OCC1c2ccccc2-c2ccccc21)c1ccc(F)cc1Br. The molecule has 1 aliphatic carbocycles. The summed E-state index contributed by atoms with van der Waals surface area (Å²) in [4.78, 5) is 23.9. The average molecular weight is 484 g/mol. The van der Waals surface area contributed by atoms with Crippen molar-refractivity contribution in [3.8, 4) is 11.1 Å². The lowest BCUT2D eigenvalue weighted by atomic mass is 9.98. The Labute approximate surface area is 187 Å². The van der Waals surface area contributed by atoms with Gasteiger partial charge in [-0.3, -0.25) is 4.79 Å². The Bertz CT molecular complexity index is 1100. The molecule has 3 aromatic rings. The van der Waals surface area contributed by atoms with Crippen molar-refractivity contribution in [3.05, 3.63) is 93.7 Å². The van der Waals surface area contributed by atoms with Crippen molar-refractivity contribution >= 4 is 28.0 Å². The van der Waals surface area contributed by atoms with Gasteiger partial charge in [0.2, 0.25) is 0 Å². The summed E-state index contributed by atoms with van der Waals surface area (Å²) >= 11 is 3.23. The first-order valence-corrected chi connectivity index (χ1v) is 10.5. The van der Waals surface area contributed by atoms with Crippen molar-refractivity contribution in [3.63, 3.8) is 0 Å². The van der Waals surface area contributed by atoms with E-state index in [9.17, 15) is 19.1 Å². The minimum atomic E-state index is -1.10. The number of rotatable bonds is 6. The summed E-state index contributed by atoms with van der Waals surface area (Å²) in [6.07, 6.45) is -1.10. The number of nitrogens with one attached hydrogen (secondary N) is 1. The van der Waals surface area contributed by atoms with E-state index in [1.807, 2.05) is 48.5 Å². The number of carboxylic acid groups (broad SMARTS) is 1. The minimum Gasteiger partial charge on any atom is -0.481 e. The van der Waals surface area contributed by atoms with Gasteiger partial charge in [-0.2, -0.15) is 0 Å². The Morgan fingerprint density at radius 3 is 2.23 bits per heavy atom. The molecule has 0 bridgehead atoms. The van der Waals surface area contributed by atoms with Crippen molar-refractivity contribution in [2.75, 3.05) is 6.61 Å². The molecule has 0 radical (unpaired) electrons. The quantitative estimate of drug-likeness (QED) is 0.475. The minimum absolute atomic E-state index is 0.103. The monoisotopic (exact) mass is 483 g/mol. The fourth-order valence-corrected chi connectivity index (χ4v) is 4.61. The molecule has 1 amide bonds. The van der Waals surface area contributed by atoms with Crippen LogP contribution in [0, 0.1) is 5.82 Å². The predicted molar refractivity (Wildman–Crippen MR) is 117 cm³/mol. The molecule has 4 rings (SSSR count). The van der Waals surface area contributed by atoms with Gasteiger partial charge >= 0.3 is 12.1 Å². The summed E-state index contributed by atoms with van der Waals surface area (Å²) in [6, 6.07) is 19.0. The van der Waals surface area contributed by atoms with E-state index in [1.54, 1.807) is 0 Å². The van der Waals surface area contributed by atoms with Crippen molar-refractivity contribution < 1.29 is 23.8 Å². The Kier molecular flexibility index (Phi) is 6.04. The molecule has 0 saturated heterocycles. The highest BCUT2D eigenvalue weighted by Crippen LogP contribution is 2.44. The summed E-state index contributed by atoms with van der Waals surface area (Å²) in [5.74, 6) is -1.67. The predicted octanol–water partition coefficient (Wildman–Crippen LogP) is 5.64. The van der Waals surface area contributed by atoms with Crippen molar-refractivity contribution in [1.29, 1.82) is 0 Å². The highest BCUT2D eigenvalue weighted by molar-refractivity contribution is 9.10. The first kappa shape index (κ1) is 21.1. The van der Waals surface area contributed by atoms with Crippen LogP contribution in [0.1, 0.15) is 35.1 Å². The van der Waals surface area contributed by atoms with E-state index in [4.69, 9.17) is 4.74 Å². The molecular weight excluding hydrogens is 465 g/mol. The van der Waals surface area contributed by atoms with Gasteiger partial charge in [0.25, 0.3) is 0 Å². The number of benzene rings is 3. The molecule has 1 unspecified atom stereocenters. The molecule has 5 nitrogen and oxygen atoms in total. The van der Waals surface area contributed by atoms with Crippen molar-refractivity contribution in [1.82, 2.24) is 5.32 Å². The van der Waals surface area contributed by atoms with Crippen LogP contribution in [0.3, 0.4) is 0 Å². The normalized spacial score (nSPS) is 13.2. The molecule has 0 aliphatic heterocycles. The molecule has 0 spiro atoms. The first-order chi connectivity index (χ1) is 14.9. The summed E-state index contributed by atoms with van der Waals surface area (Å²) in [5, 5.41) is 11.8. The largest absolute Gasteiger partial charge is 0.481 e. The maximum absolute atomic E-state index is 13.4. The van der Waals surface area contributed by atoms with Crippen LogP contribution in [0.25, 0.3) is 11.1 Å². The number of fused-ring (bicyclic) bond motifs is 3. The van der Waals surface area contributed by atoms with E-state index in [0.717, 1.165) is 22.3 Å². The van der Waals surface area contributed by atoms with Gasteiger partial charge in [0.05, 0.1) is 12.5 Å². The number of ether oxygens (including phenoxy) is 1. The maximum Gasteiger partial charge on any atom is 0.407 e. The number of carbonyl (C=O) groups is 2. The van der Waals surface area contributed by atoms with Crippen LogP contribution < -0.4 is 5.32 Å². The lowest BCUT2D eigenvalue weighted by molar-refractivity contribution is -0.137. The van der Waals surface area contributed by atoms with Crippen molar-refractivity contribution in [2.24, 2.45) is 0 Å². The second-order valence-electron chi connectivity index (χ2n) is 7.29. The molecule has 0 heterocycles. The number of amides is 1. The maximum atomic E-state index is 13.4. The Morgan fingerprint density at radius 1 is 1.03 bits per heavy atom. The van der Waals surface area contributed by atoms with E-state index in [-0.39, 0.29) is 18.9 Å². The molecule has 1 atom stereocenters. The Balaban J connectivity index is 1.50. The van der Waals surface area contributed by atoms with Crippen LogP contribution in [0.5, 0.6) is 0 Å². The molecule has 3 aromatic carbocycles. The number of halogens is 2. The molecule has 31 heavy (non-hydrogen) atoms. The lowest BCUT2D eigenvalue weighted by Crippen LogP contribution is -2.32. The number of aliphatic carboxylic acids is 1. The number of carbonyl (C=O) groups excluding carboxylic acids is 1. The fourth-order valence-electron chi connectivity index (χ4n) is 3.98. The molecule has 0 saturated carbocycles. The zero-order valence-corrected chi connectivity index (χ0v) is 17.9. The lowest BCUT2D eigenvalue weighted by Gasteiger charge is -2.20. The molecule has 158 valence electrons. The molecule has 2 N–H and O–H groups in total. The second kappa shape index (κ2) is 8.89. The summed E-state index contributed by atoms with van der Waals surface area (Å²) in [7, 11) is 0. The van der Waals surface area contributed by atoms with E-state index >= 15 is 0 Å². The Morgan fingerprint density at radius 2 is 1.65 bits per heavy atom. The van der Waals surface area contributed by atoms with Gasteiger partial charge in [-0.15, -0.1) is 0 Å². The first-order valence-electron chi connectivity index (χ1n) is 9.72. The van der Waals surface area contributed by atoms with E-state index < -0.39 is 23.9 Å². The van der Waals surface area contributed by atoms with Gasteiger partial charge < -0.3 is 15.2 Å². The average Bonchev–Trinajstić information content (AvgIpc) is 3.05. The highest BCUT2D eigenvalue weighted by Gasteiger charge is 2.29. The fraction of sp³-hybridized carbons (Fsp3) is 0.167. The molecule has 1 aliphatic rings. The van der Waals surface area contributed by atoms with Gasteiger partial charge in [0.15, 0.2) is 0 Å². The number of alkyl carbamates (subject to hydrolysis) is 1. The van der Waals surface area contributed by atoms with E-state index in [2.05, 4.69) is 21.2 Å². The Hall–Kier alpha value is -3.19. The van der Waals surface area contributed by atoms with Crippen LogP contribution in [0.4, 0.5) is 9.18 Å². The number of hydrogen-bond donors (Lipinski definition) is 2. The summed E-state index contributed by atoms with van der Waals surface area (Å²) < 4.78 is 19.3. The third-order valence-corrected chi connectivity index (χ3v) is 6.04. The van der Waals surface area contributed by atoms with Gasteiger partial charge in [-0.25, -0.2) is 9.18 Å². The van der Waals surface area contributed by atoms with Gasteiger partial charge in [-0.05, 0) is 39.9 Å². The number of hydrogen-bond acceptors (Lipinski definition) is 3. The third kappa shape index (κ3) is 4.46.